The molecule has 36 heavy (non-hydrogen) atoms. The van der Waals surface area contributed by atoms with Crippen LogP contribution >= 0.6 is 0 Å². The highest BCUT2D eigenvalue weighted by Gasteiger charge is 2.05. The predicted molar refractivity (Wildman–Crippen MR) is 147 cm³/mol. The summed E-state index contributed by atoms with van der Waals surface area (Å²) in [5, 5.41) is 0. The molecule has 0 atom stereocenters. The van der Waals surface area contributed by atoms with Crippen molar-refractivity contribution >= 4 is 34.1 Å². The van der Waals surface area contributed by atoms with Gasteiger partial charge in [-0.3, -0.25) is 0 Å². The van der Waals surface area contributed by atoms with Crippen molar-refractivity contribution in [3.8, 4) is 11.1 Å². The van der Waals surface area contributed by atoms with Gasteiger partial charge in [-0.15, -0.1) is 0 Å². The molecule has 0 radical (unpaired) electrons. The topological polar surface area (TPSA) is 20.7 Å². The second-order valence-corrected chi connectivity index (χ2v) is 8.04. The molecule has 172 valence electrons. The molecule has 4 aromatic carbocycles. The molecule has 0 bridgehead atoms. The van der Waals surface area contributed by atoms with Crippen LogP contribution in [0.15, 0.2) is 84.9 Å². The lowest BCUT2D eigenvalue weighted by atomic mass is 10.0. The predicted octanol–water partition coefficient (Wildman–Crippen LogP) is 9.63. The molecular weight excluding hydrogens is 442 g/mol. The SMILES string of the molecule is [C-]#[N+]c1ccc(-c2ccc([N+]#[C-])c(C)c2)cc1C.[C-]#[N+]c1ccc(N(C)c2ccc([N+]#[C-])cc2)cc1. The first-order chi connectivity index (χ1) is 17.4. The first kappa shape index (κ1) is 25.3. The van der Waals surface area contributed by atoms with Crippen LogP contribution in [0.1, 0.15) is 11.1 Å². The van der Waals surface area contributed by atoms with Gasteiger partial charge in [0.25, 0.3) is 0 Å². The molecule has 0 aromatic heterocycles. The van der Waals surface area contributed by atoms with Crippen molar-refractivity contribution in [3.63, 3.8) is 0 Å². The van der Waals surface area contributed by atoms with Crippen LogP contribution in [0, 0.1) is 40.1 Å². The molecule has 0 aliphatic heterocycles. The Morgan fingerprint density at radius 1 is 0.500 bits per heavy atom. The van der Waals surface area contributed by atoms with E-state index in [1.807, 2.05) is 86.5 Å². The van der Waals surface area contributed by atoms with Crippen molar-refractivity contribution in [2.75, 3.05) is 11.9 Å². The third-order valence-electron chi connectivity index (χ3n) is 5.70. The molecule has 0 heterocycles. The van der Waals surface area contributed by atoms with E-state index in [1.54, 1.807) is 24.3 Å². The van der Waals surface area contributed by atoms with E-state index < -0.39 is 0 Å². The molecule has 0 fully saturated rings. The number of benzene rings is 4. The van der Waals surface area contributed by atoms with Crippen LogP contribution in [0.2, 0.25) is 0 Å². The zero-order valence-electron chi connectivity index (χ0n) is 20.3. The maximum atomic E-state index is 7.04. The van der Waals surface area contributed by atoms with Crippen LogP contribution in [0.5, 0.6) is 0 Å². The van der Waals surface area contributed by atoms with E-state index in [-0.39, 0.29) is 0 Å². The van der Waals surface area contributed by atoms with Gasteiger partial charge < -0.3 is 4.90 Å². The van der Waals surface area contributed by atoms with Crippen molar-refractivity contribution in [2.24, 2.45) is 0 Å². The number of anilines is 2. The highest BCUT2D eigenvalue weighted by Crippen LogP contribution is 2.30. The Bertz CT molecular complexity index is 1420. The summed E-state index contributed by atoms with van der Waals surface area (Å²) in [4.78, 5) is 15.7. The fraction of sp³-hybridized carbons (Fsp3) is 0.0968. The Labute approximate surface area is 212 Å². The molecule has 0 aliphatic carbocycles. The molecular formula is C31H23N5. The van der Waals surface area contributed by atoms with Crippen LogP contribution in [-0.2, 0) is 0 Å². The maximum Gasteiger partial charge on any atom is 0.190 e. The Morgan fingerprint density at radius 2 is 0.861 bits per heavy atom. The molecule has 0 saturated heterocycles. The minimum absolute atomic E-state index is 0.635. The minimum atomic E-state index is 0.635. The lowest BCUT2D eigenvalue weighted by Gasteiger charge is -2.19. The van der Waals surface area contributed by atoms with E-state index in [0.717, 1.165) is 33.6 Å². The summed E-state index contributed by atoms with van der Waals surface area (Å²) >= 11 is 0. The number of rotatable bonds is 3. The molecule has 0 unspecified atom stereocenters. The van der Waals surface area contributed by atoms with Gasteiger partial charge in [-0.2, -0.15) is 0 Å². The van der Waals surface area contributed by atoms with E-state index in [1.165, 1.54) is 0 Å². The molecule has 0 aliphatic rings. The summed E-state index contributed by atoms with van der Waals surface area (Å²) in [5.41, 5.74) is 8.80. The van der Waals surface area contributed by atoms with Crippen molar-refractivity contribution < 1.29 is 0 Å². The molecule has 5 nitrogen and oxygen atoms in total. The summed E-state index contributed by atoms with van der Waals surface area (Å²) in [6.45, 7) is 31.8. The number of aryl methyl sites for hydroxylation is 2. The monoisotopic (exact) mass is 465 g/mol. The van der Waals surface area contributed by atoms with E-state index in [2.05, 4.69) is 19.4 Å². The lowest BCUT2D eigenvalue weighted by molar-refractivity contribution is 1.21. The van der Waals surface area contributed by atoms with Crippen molar-refractivity contribution in [2.45, 2.75) is 13.8 Å². The van der Waals surface area contributed by atoms with Gasteiger partial charge >= 0.3 is 0 Å². The third-order valence-corrected chi connectivity index (χ3v) is 5.70. The van der Waals surface area contributed by atoms with E-state index in [4.69, 9.17) is 26.3 Å². The second-order valence-electron chi connectivity index (χ2n) is 8.04. The number of hydrogen-bond acceptors (Lipinski definition) is 1. The van der Waals surface area contributed by atoms with Crippen LogP contribution in [0.25, 0.3) is 30.5 Å². The zero-order chi connectivity index (χ0) is 26.1. The van der Waals surface area contributed by atoms with Crippen LogP contribution in [0.3, 0.4) is 0 Å². The fourth-order valence-corrected chi connectivity index (χ4v) is 3.57. The fourth-order valence-electron chi connectivity index (χ4n) is 3.57. The quantitative estimate of drug-likeness (QED) is 0.276. The highest BCUT2D eigenvalue weighted by molar-refractivity contribution is 5.72. The molecule has 0 saturated carbocycles. The lowest BCUT2D eigenvalue weighted by Crippen LogP contribution is -2.08. The smallest absolute Gasteiger partial charge is 0.190 e. The molecule has 0 amide bonds. The van der Waals surface area contributed by atoms with Gasteiger partial charge in [-0.1, -0.05) is 60.7 Å². The Balaban J connectivity index is 0.000000201. The summed E-state index contributed by atoms with van der Waals surface area (Å²) in [6.07, 6.45) is 0. The van der Waals surface area contributed by atoms with Gasteiger partial charge in [0.2, 0.25) is 0 Å². The summed E-state index contributed by atoms with van der Waals surface area (Å²) in [6, 6.07) is 26.5. The first-order valence-corrected chi connectivity index (χ1v) is 11.1. The third kappa shape index (κ3) is 5.95. The molecule has 4 aromatic rings. The minimum Gasteiger partial charge on any atom is -0.345 e. The van der Waals surface area contributed by atoms with Gasteiger partial charge in [0.15, 0.2) is 22.7 Å². The Morgan fingerprint density at radius 3 is 1.14 bits per heavy atom. The summed E-state index contributed by atoms with van der Waals surface area (Å²) in [5.74, 6) is 0. The van der Waals surface area contributed by atoms with Gasteiger partial charge in [0.1, 0.15) is 0 Å². The zero-order valence-corrected chi connectivity index (χ0v) is 20.3. The standard InChI is InChI=1S/C16H12N2.C15H11N3/c1-11-9-13(5-7-15(11)17-3)14-6-8-16(18-4)12(2)10-14;1-16-12-4-8-14(9-5-12)18(3)15-10-6-13(17-2)7-11-15/h5-10H,1-2H3;4-11H,3H3. The van der Waals surface area contributed by atoms with E-state index in [0.29, 0.717) is 22.7 Å². The first-order valence-electron chi connectivity index (χ1n) is 11.1. The highest BCUT2D eigenvalue weighted by atomic mass is 15.1. The normalized spacial score (nSPS) is 9.42. The largest absolute Gasteiger partial charge is 0.345 e. The van der Waals surface area contributed by atoms with Crippen LogP contribution < -0.4 is 4.90 Å². The van der Waals surface area contributed by atoms with E-state index in [9.17, 15) is 0 Å². The van der Waals surface area contributed by atoms with Crippen molar-refractivity contribution in [1.29, 1.82) is 0 Å². The van der Waals surface area contributed by atoms with E-state index >= 15 is 0 Å². The van der Waals surface area contributed by atoms with Gasteiger partial charge in [0.05, 0.1) is 26.3 Å². The molecule has 4 rings (SSSR count). The maximum absolute atomic E-state index is 7.04. The van der Waals surface area contributed by atoms with Crippen LogP contribution in [-0.4, -0.2) is 7.05 Å². The number of hydrogen-bond donors (Lipinski definition) is 0. The Hall–Kier alpha value is -5.36. The van der Waals surface area contributed by atoms with Gasteiger partial charge in [-0.25, -0.2) is 19.4 Å². The molecule has 0 spiro atoms. The number of nitrogens with zero attached hydrogens (tertiary/aromatic N) is 5. The molecule has 5 heteroatoms. The summed E-state index contributed by atoms with van der Waals surface area (Å²) < 4.78 is 0. The molecule has 0 N–H and O–H groups in total. The Kier molecular flexibility index (Phi) is 8.19. The second kappa shape index (κ2) is 11.7. The van der Waals surface area contributed by atoms with Gasteiger partial charge in [-0.05, 0) is 60.4 Å². The van der Waals surface area contributed by atoms with Crippen molar-refractivity contribution in [3.05, 3.63) is 142 Å². The van der Waals surface area contributed by atoms with Gasteiger partial charge in [0, 0.05) is 18.4 Å². The average Bonchev–Trinajstić information content (AvgIpc) is 2.93. The summed E-state index contributed by atoms with van der Waals surface area (Å²) in [7, 11) is 1.96. The average molecular weight is 466 g/mol. The van der Waals surface area contributed by atoms with Crippen molar-refractivity contribution in [1.82, 2.24) is 0 Å². The van der Waals surface area contributed by atoms with Crippen LogP contribution in [0.4, 0.5) is 34.1 Å².